The summed E-state index contributed by atoms with van der Waals surface area (Å²) in [6, 6.07) is 10.6. The normalized spacial score (nSPS) is 21.8. The second-order valence-corrected chi connectivity index (χ2v) is 8.16. The third-order valence-corrected chi connectivity index (χ3v) is 6.30. The Balaban J connectivity index is 1.53. The molecule has 0 saturated carbocycles. The fourth-order valence-corrected chi connectivity index (χ4v) is 4.45. The summed E-state index contributed by atoms with van der Waals surface area (Å²) in [5.74, 6) is 0.932. The summed E-state index contributed by atoms with van der Waals surface area (Å²) in [4.78, 5) is 9.70. The van der Waals surface area contributed by atoms with Crippen LogP contribution in [0.25, 0.3) is 0 Å². The summed E-state index contributed by atoms with van der Waals surface area (Å²) >= 11 is 0. The zero-order chi connectivity index (χ0) is 19.0. The minimum absolute atomic E-state index is 0.282. The first kappa shape index (κ1) is 20.2. The van der Waals surface area contributed by atoms with Crippen LogP contribution in [0.3, 0.4) is 0 Å². The number of piperidine rings is 2. The maximum Gasteiger partial charge on any atom is 0.191 e. The Bertz CT molecular complexity index is 572. The van der Waals surface area contributed by atoms with Crippen LogP contribution in [-0.4, -0.2) is 74.7 Å². The fraction of sp³-hybridized carbons (Fsp3) is 0.682. The Morgan fingerprint density at radius 1 is 1.00 bits per heavy atom. The van der Waals surface area contributed by atoms with E-state index in [0.29, 0.717) is 0 Å². The first-order valence-corrected chi connectivity index (χ1v) is 10.6. The van der Waals surface area contributed by atoms with Gasteiger partial charge in [0.05, 0.1) is 0 Å². The number of nitrogens with one attached hydrogen (secondary N) is 2. The number of aliphatic imine (C=N–C) groups is 1. The lowest BCUT2D eigenvalue weighted by atomic mass is 9.84. The lowest BCUT2D eigenvalue weighted by molar-refractivity contribution is 0.0173. The van der Waals surface area contributed by atoms with Crippen molar-refractivity contribution >= 4 is 5.96 Å². The topological polar surface area (TPSA) is 42.9 Å². The molecule has 27 heavy (non-hydrogen) atoms. The molecular formula is C22H37N5. The summed E-state index contributed by atoms with van der Waals surface area (Å²) in [7, 11) is 4.12. The summed E-state index contributed by atoms with van der Waals surface area (Å²) in [6.07, 6.45) is 7.60. The molecule has 0 aromatic heterocycles. The molecule has 0 spiro atoms. The molecule has 0 amide bonds. The molecule has 1 aromatic rings. The lowest BCUT2D eigenvalue weighted by Crippen LogP contribution is -2.62. The zero-order valence-corrected chi connectivity index (χ0v) is 17.2. The SMILES string of the molecule is CN=C(NCCc1ccccc1)NCC1(N2CCCCC2)CCN(C)CC1. The largest absolute Gasteiger partial charge is 0.356 e. The summed E-state index contributed by atoms with van der Waals surface area (Å²) in [6.45, 7) is 6.79. The van der Waals surface area contributed by atoms with Gasteiger partial charge in [-0.2, -0.15) is 0 Å². The smallest absolute Gasteiger partial charge is 0.191 e. The Labute approximate surface area is 165 Å². The third-order valence-electron chi connectivity index (χ3n) is 6.30. The van der Waals surface area contributed by atoms with Gasteiger partial charge in [0.15, 0.2) is 5.96 Å². The van der Waals surface area contributed by atoms with Crippen molar-refractivity contribution in [3.8, 4) is 0 Å². The van der Waals surface area contributed by atoms with Gasteiger partial charge in [0.1, 0.15) is 0 Å². The van der Waals surface area contributed by atoms with Crippen molar-refractivity contribution < 1.29 is 0 Å². The predicted octanol–water partition coefficient (Wildman–Crippen LogP) is 2.34. The van der Waals surface area contributed by atoms with Gasteiger partial charge >= 0.3 is 0 Å². The molecule has 0 aliphatic carbocycles. The van der Waals surface area contributed by atoms with Crippen molar-refractivity contribution in [3.63, 3.8) is 0 Å². The van der Waals surface area contributed by atoms with E-state index in [0.717, 1.165) is 25.5 Å². The molecule has 2 saturated heterocycles. The van der Waals surface area contributed by atoms with Crippen molar-refractivity contribution in [2.75, 3.05) is 53.4 Å². The average Bonchev–Trinajstić information content (AvgIpc) is 2.73. The van der Waals surface area contributed by atoms with Crippen LogP contribution in [0, 0.1) is 0 Å². The first-order valence-electron chi connectivity index (χ1n) is 10.6. The number of benzene rings is 1. The highest BCUT2D eigenvalue weighted by molar-refractivity contribution is 5.79. The van der Waals surface area contributed by atoms with E-state index in [1.165, 1.54) is 63.8 Å². The van der Waals surface area contributed by atoms with E-state index in [4.69, 9.17) is 0 Å². The van der Waals surface area contributed by atoms with Crippen LogP contribution in [0.5, 0.6) is 0 Å². The first-order chi connectivity index (χ1) is 13.2. The highest BCUT2D eigenvalue weighted by Gasteiger charge is 2.39. The quantitative estimate of drug-likeness (QED) is 0.595. The second-order valence-electron chi connectivity index (χ2n) is 8.16. The van der Waals surface area contributed by atoms with Crippen LogP contribution >= 0.6 is 0 Å². The number of likely N-dealkylation sites (tertiary alicyclic amines) is 2. The van der Waals surface area contributed by atoms with Gasteiger partial charge in [-0.15, -0.1) is 0 Å². The van der Waals surface area contributed by atoms with Gasteiger partial charge in [0.25, 0.3) is 0 Å². The number of guanidine groups is 1. The molecule has 0 atom stereocenters. The maximum atomic E-state index is 4.46. The van der Waals surface area contributed by atoms with Crippen LogP contribution in [0.2, 0.25) is 0 Å². The summed E-state index contributed by atoms with van der Waals surface area (Å²) in [5, 5.41) is 7.15. The van der Waals surface area contributed by atoms with E-state index in [1.54, 1.807) is 0 Å². The van der Waals surface area contributed by atoms with Gasteiger partial charge in [-0.1, -0.05) is 36.8 Å². The molecular weight excluding hydrogens is 334 g/mol. The summed E-state index contributed by atoms with van der Waals surface area (Å²) in [5.41, 5.74) is 1.64. The molecule has 150 valence electrons. The monoisotopic (exact) mass is 371 g/mol. The standard InChI is InChI=1S/C22H37N5/c1-23-21(24-14-11-20-9-5-3-6-10-20)25-19-22(12-17-26(2)18-13-22)27-15-7-4-8-16-27/h3,5-6,9-10H,4,7-8,11-19H2,1-2H3,(H2,23,24,25). The molecule has 2 N–H and O–H groups in total. The molecule has 0 bridgehead atoms. The number of nitrogens with zero attached hydrogens (tertiary/aromatic N) is 3. The molecule has 0 unspecified atom stereocenters. The Kier molecular flexibility index (Phi) is 7.53. The van der Waals surface area contributed by atoms with Crippen LogP contribution in [-0.2, 0) is 6.42 Å². The second kappa shape index (κ2) is 10.1. The predicted molar refractivity (Wildman–Crippen MR) is 114 cm³/mol. The molecule has 5 nitrogen and oxygen atoms in total. The van der Waals surface area contributed by atoms with Gasteiger partial charge in [0.2, 0.25) is 0 Å². The molecule has 5 heteroatoms. The molecule has 2 aliphatic rings. The number of hydrogen-bond acceptors (Lipinski definition) is 3. The summed E-state index contributed by atoms with van der Waals surface area (Å²) < 4.78 is 0. The molecule has 0 radical (unpaired) electrons. The van der Waals surface area contributed by atoms with Crippen LogP contribution in [0.15, 0.2) is 35.3 Å². The fourth-order valence-electron chi connectivity index (χ4n) is 4.45. The number of hydrogen-bond donors (Lipinski definition) is 2. The van der Waals surface area contributed by atoms with Crippen LogP contribution in [0.4, 0.5) is 0 Å². The zero-order valence-electron chi connectivity index (χ0n) is 17.2. The van der Waals surface area contributed by atoms with Crippen LogP contribution in [0.1, 0.15) is 37.7 Å². The van der Waals surface area contributed by atoms with Gasteiger partial charge in [-0.25, -0.2) is 0 Å². The highest BCUT2D eigenvalue weighted by Crippen LogP contribution is 2.30. The Morgan fingerprint density at radius 3 is 2.37 bits per heavy atom. The molecule has 3 rings (SSSR count). The van der Waals surface area contributed by atoms with E-state index in [2.05, 4.69) is 62.8 Å². The van der Waals surface area contributed by atoms with Crippen molar-refractivity contribution in [2.24, 2.45) is 4.99 Å². The van der Waals surface area contributed by atoms with Crippen molar-refractivity contribution in [1.29, 1.82) is 0 Å². The van der Waals surface area contributed by atoms with E-state index in [-0.39, 0.29) is 5.54 Å². The van der Waals surface area contributed by atoms with Crippen molar-refractivity contribution in [1.82, 2.24) is 20.4 Å². The van der Waals surface area contributed by atoms with Crippen molar-refractivity contribution in [2.45, 2.75) is 44.1 Å². The van der Waals surface area contributed by atoms with E-state index >= 15 is 0 Å². The van der Waals surface area contributed by atoms with Crippen LogP contribution < -0.4 is 10.6 Å². The highest BCUT2D eigenvalue weighted by atomic mass is 15.3. The molecule has 2 aliphatic heterocycles. The minimum atomic E-state index is 0.282. The van der Waals surface area contributed by atoms with Gasteiger partial charge in [-0.05, 0) is 70.9 Å². The van der Waals surface area contributed by atoms with Gasteiger partial charge in [0, 0.05) is 25.7 Å². The third kappa shape index (κ3) is 5.69. The maximum absolute atomic E-state index is 4.46. The molecule has 2 heterocycles. The molecule has 1 aromatic carbocycles. The number of rotatable bonds is 6. The Morgan fingerprint density at radius 2 is 1.70 bits per heavy atom. The van der Waals surface area contributed by atoms with E-state index in [9.17, 15) is 0 Å². The molecule has 2 fully saturated rings. The van der Waals surface area contributed by atoms with Crippen molar-refractivity contribution in [3.05, 3.63) is 35.9 Å². The van der Waals surface area contributed by atoms with Gasteiger partial charge in [-0.3, -0.25) is 9.89 Å². The van der Waals surface area contributed by atoms with Gasteiger partial charge < -0.3 is 15.5 Å². The van der Waals surface area contributed by atoms with E-state index < -0.39 is 0 Å². The lowest BCUT2D eigenvalue weighted by Gasteiger charge is -2.50. The average molecular weight is 372 g/mol. The Hall–Kier alpha value is -1.59. The van der Waals surface area contributed by atoms with E-state index in [1.807, 2.05) is 7.05 Å². The minimum Gasteiger partial charge on any atom is -0.356 e.